The number of anilines is 1. The lowest BCUT2D eigenvalue weighted by Gasteiger charge is -2.32. The highest BCUT2D eigenvalue weighted by Crippen LogP contribution is 2.32. The predicted octanol–water partition coefficient (Wildman–Crippen LogP) is -4.00. The zero-order valence-electron chi connectivity index (χ0n) is 21.6. The smallest absolute Gasteiger partial charge is 0.167 e. The summed E-state index contributed by atoms with van der Waals surface area (Å²) in [7, 11) is 3.20. The van der Waals surface area contributed by atoms with Crippen LogP contribution in [-0.2, 0) is 14.2 Å². The zero-order chi connectivity index (χ0) is 28.6. The molecule has 0 bridgehead atoms. The molecule has 18 heteroatoms. The molecule has 6 rings (SSSR count). The molecule has 18 nitrogen and oxygen atoms in total. The Morgan fingerprint density at radius 3 is 2.40 bits per heavy atom. The fourth-order valence-corrected chi connectivity index (χ4v) is 5.00. The van der Waals surface area contributed by atoms with Gasteiger partial charge in [0, 0.05) is 14.2 Å². The predicted molar refractivity (Wildman–Crippen MR) is 138 cm³/mol. The summed E-state index contributed by atoms with van der Waals surface area (Å²) in [6.07, 6.45) is -1.40. The minimum absolute atomic E-state index is 0.288. The first kappa shape index (κ1) is 28.2. The molecule has 0 radical (unpaired) electrons. The molecular formula is C22H32N10O8. The van der Waals surface area contributed by atoms with E-state index in [0.29, 0.717) is 22.8 Å². The third kappa shape index (κ3) is 4.77. The summed E-state index contributed by atoms with van der Waals surface area (Å²) in [6, 6.07) is -0.355. The van der Waals surface area contributed by atoms with Gasteiger partial charge in [-0.2, -0.15) is 0 Å². The number of imidazole rings is 1. The van der Waals surface area contributed by atoms with Crippen LogP contribution in [0.4, 0.5) is 5.82 Å². The number of methoxy groups -OCH3 is 1. The lowest BCUT2D eigenvalue weighted by molar-refractivity contribution is -0.0854. The second kappa shape index (κ2) is 11.6. The van der Waals surface area contributed by atoms with Crippen molar-refractivity contribution >= 4 is 35.5 Å². The van der Waals surface area contributed by atoms with Crippen LogP contribution in [0.1, 0.15) is 6.23 Å². The third-order valence-corrected chi connectivity index (χ3v) is 7.12. The Hall–Kier alpha value is -3.36. The molecule has 2 saturated heterocycles. The number of aliphatic imine (C=N–C) groups is 3. The second-order valence-corrected chi connectivity index (χ2v) is 9.35. The molecule has 10 atom stereocenters. The van der Waals surface area contributed by atoms with Crippen molar-refractivity contribution in [3.63, 3.8) is 0 Å². The number of aliphatic hydroxyl groups excluding tert-OH is 5. The number of nitrogens with zero attached hydrogens (tertiary/aromatic N) is 8. The average molecular weight is 565 g/mol. The van der Waals surface area contributed by atoms with Crippen molar-refractivity contribution in [3.8, 4) is 0 Å². The molecule has 0 aromatic carbocycles. The molecule has 0 aliphatic carbocycles. The number of hydrogen-bond donors (Lipinski definition) is 7. The largest absolute Gasteiger partial charge is 0.394 e. The van der Waals surface area contributed by atoms with Crippen LogP contribution >= 0.6 is 0 Å². The Kier molecular flexibility index (Phi) is 8.19. The number of ether oxygens (including phenoxy) is 3. The van der Waals surface area contributed by atoms with Gasteiger partial charge in [-0.05, 0) is 0 Å². The van der Waals surface area contributed by atoms with E-state index < -0.39 is 49.1 Å². The van der Waals surface area contributed by atoms with E-state index in [-0.39, 0.29) is 25.4 Å². The van der Waals surface area contributed by atoms with Gasteiger partial charge in [-0.3, -0.25) is 9.56 Å². The lowest BCUT2D eigenvalue weighted by Crippen LogP contribution is -2.51. The van der Waals surface area contributed by atoms with Crippen LogP contribution in [0, 0.1) is 0 Å². The van der Waals surface area contributed by atoms with Gasteiger partial charge >= 0.3 is 0 Å². The highest BCUT2D eigenvalue weighted by atomic mass is 16.6. The molecule has 0 saturated carbocycles. The molecule has 4 aliphatic rings. The van der Waals surface area contributed by atoms with Gasteiger partial charge in [0.25, 0.3) is 0 Å². The number of rotatable bonds is 6. The molecule has 4 unspecified atom stereocenters. The minimum Gasteiger partial charge on any atom is -0.394 e. The van der Waals surface area contributed by atoms with Crippen LogP contribution in [0.25, 0.3) is 11.2 Å². The summed E-state index contributed by atoms with van der Waals surface area (Å²) in [6.45, 7) is -0.665. The van der Waals surface area contributed by atoms with Gasteiger partial charge in [-0.1, -0.05) is 0 Å². The maximum absolute atomic E-state index is 10.1. The van der Waals surface area contributed by atoms with Crippen molar-refractivity contribution < 1.29 is 39.7 Å². The summed E-state index contributed by atoms with van der Waals surface area (Å²) >= 11 is 0. The molecule has 0 amide bonds. The quantitative estimate of drug-likeness (QED) is 0.177. The molecule has 6 heterocycles. The summed E-state index contributed by atoms with van der Waals surface area (Å²) in [4.78, 5) is 26.5. The van der Waals surface area contributed by atoms with Crippen molar-refractivity contribution in [3.05, 3.63) is 12.7 Å². The van der Waals surface area contributed by atoms with Crippen molar-refractivity contribution in [1.82, 2.24) is 24.4 Å². The monoisotopic (exact) mass is 564 g/mol. The third-order valence-electron chi connectivity index (χ3n) is 7.12. The zero-order valence-corrected chi connectivity index (χ0v) is 21.6. The Labute approximate surface area is 227 Å². The van der Waals surface area contributed by atoms with E-state index in [0.717, 1.165) is 0 Å². The van der Waals surface area contributed by atoms with Gasteiger partial charge in [0.1, 0.15) is 66.7 Å². The Morgan fingerprint density at radius 1 is 1.00 bits per heavy atom. The van der Waals surface area contributed by atoms with E-state index in [9.17, 15) is 20.4 Å². The summed E-state index contributed by atoms with van der Waals surface area (Å²) in [5.74, 6) is 0.940. The first-order valence-electron chi connectivity index (χ1n) is 12.4. The minimum atomic E-state index is -1.17. The van der Waals surface area contributed by atoms with E-state index >= 15 is 0 Å². The van der Waals surface area contributed by atoms with Crippen molar-refractivity contribution in [2.75, 3.05) is 32.7 Å². The molecule has 2 aromatic heterocycles. The van der Waals surface area contributed by atoms with E-state index in [1.165, 1.54) is 30.7 Å². The van der Waals surface area contributed by atoms with Gasteiger partial charge in [0.15, 0.2) is 30.1 Å². The fourth-order valence-electron chi connectivity index (χ4n) is 5.00. The van der Waals surface area contributed by atoms with Crippen LogP contribution in [0.5, 0.6) is 0 Å². The van der Waals surface area contributed by atoms with Gasteiger partial charge in [0.2, 0.25) is 0 Å². The molecule has 8 N–H and O–H groups in total. The maximum Gasteiger partial charge on any atom is 0.167 e. The van der Waals surface area contributed by atoms with Crippen LogP contribution in [0.3, 0.4) is 0 Å². The number of aromatic nitrogens is 4. The van der Waals surface area contributed by atoms with Crippen molar-refractivity contribution in [2.24, 2.45) is 20.7 Å². The standard InChI is InChI=1S/C11H17N5O4.C11H15N5O4/c1-19-8-7(18)5(2-17)20-11(8)16-4-15-6-9(12)13-3-14-10(6)16;1-12-9-6-10(14-3-13-9)16(4-15-6)11-8(19)7(18)5(2-17)20-11/h3-8,10-11,17-18H,2H2,1H3,(H2,12,13,14);3-5,7-8,11,17-19H,2H2,1H3,(H,12,13,14)/t5-,6?,7+,8?,10?,11-;5-,7+,8?,11-/m11/s1. The van der Waals surface area contributed by atoms with E-state index in [1.54, 1.807) is 18.3 Å². The molecule has 2 fully saturated rings. The summed E-state index contributed by atoms with van der Waals surface area (Å²) in [5, 5.41) is 51.1. The molecule has 2 aromatic rings. The number of nitrogens with one attached hydrogen (secondary N) is 1. The molecule has 218 valence electrons. The summed E-state index contributed by atoms with van der Waals surface area (Å²) in [5.41, 5.74) is 6.79. The second-order valence-electron chi connectivity index (χ2n) is 9.35. The highest BCUT2D eigenvalue weighted by Gasteiger charge is 2.50. The van der Waals surface area contributed by atoms with Crippen LogP contribution < -0.4 is 11.1 Å². The van der Waals surface area contributed by atoms with Crippen molar-refractivity contribution in [1.29, 1.82) is 0 Å². The molecular weight excluding hydrogens is 532 g/mol. The molecule has 4 aliphatic heterocycles. The number of nitrogens with two attached hydrogens (primary N) is 1. The average Bonchev–Trinajstić information content (AvgIpc) is 3.73. The SMILES string of the molecule is CNc1ncnc2c1ncn2[C@@H]1O[C@H](CO)[C@H](O)C1O.COC1[C@@H](O)[C@@H](CO)O[C@H]1N1C=NC2C(N)=NC=NC21. The maximum atomic E-state index is 10.1. The Morgan fingerprint density at radius 2 is 1.73 bits per heavy atom. The molecule has 0 spiro atoms. The first-order valence-corrected chi connectivity index (χ1v) is 12.4. The summed E-state index contributed by atoms with van der Waals surface area (Å²) < 4.78 is 17.9. The van der Waals surface area contributed by atoms with Gasteiger partial charge in [0.05, 0.1) is 25.9 Å². The Bertz CT molecular complexity index is 1280. The lowest BCUT2D eigenvalue weighted by atomic mass is 10.1. The van der Waals surface area contributed by atoms with E-state index in [1.807, 2.05) is 0 Å². The van der Waals surface area contributed by atoms with E-state index in [2.05, 4.69) is 35.2 Å². The van der Waals surface area contributed by atoms with Crippen LogP contribution in [-0.4, -0.2) is 151 Å². The Balaban J connectivity index is 0.000000161. The van der Waals surface area contributed by atoms with Gasteiger partial charge in [-0.25, -0.2) is 24.9 Å². The normalized spacial score (nSPS) is 36.5. The van der Waals surface area contributed by atoms with Crippen molar-refractivity contribution in [2.45, 2.75) is 61.3 Å². The number of aliphatic hydroxyl groups is 5. The van der Waals surface area contributed by atoms with E-state index in [4.69, 9.17) is 25.1 Å². The number of amidine groups is 1. The molecule has 40 heavy (non-hydrogen) atoms. The van der Waals surface area contributed by atoms with Gasteiger partial charge < -0.3 is 55.7 Å². The number of hydrogen-bond acceptors (Lipinski definition) is 17. The topological polar surface area (TPSA) is 251 Å². The highest BCUT2D eigenvalue weighted by molar-refractivity contribution is 5.96. The van der Waals surface area contributed by atoms with Crippen LogP contribution in [0.2, 0.25) is 0 Å². The fraction of sp³-hybridized carbons (Fsp3) is 0.636. The first-order chi connectivity index (χ1) is 19.3. The van der Waals surface area contributed by atoms with Crippen LogP contribution in [0.15, 0.2) is 27.6 Å². The van der Waals surface area contributed by atoms with Gasteiger partial charge in [-0.15, -0.1) is 0 Å². The number of fused-ring (bicyclic) bond motifs is 2.